The Morgan fingerprint density at radius 1 is 0.846 bits per heavy atom. The first kappa shape index (κ1) is 15.5. The molecule has 0 aliphatic rings. The molecule has 0 saturated heterocycles. The van der Waals surface area contributed by atoms with Crippen LogP contribution in [0.4, 0.5) is 5.82 Å². The summed E-state index contributed by atoms with van der Waals surface area (Å²) in [6, 6.07) is 8.73. The van der Waals surface area contributed by atoms with Crippen LogP contribution in [0.5, 0.6) is 0 Å². The molecule has 0 bridgehead atoms. The maximum Gasteiger partial charge on any atom is 0.293 e. The van der Waals surface area contributed by atoms with E-state index >= 15 is 0 Å². The number of nitrogens with one attached hydrogen (secondary N) is 1. The number of nitrogens with zero attached hydrogens (tertiary/aromatic N) is 7. The number of imidazole rings is 1. The Morgan fingerprint density at radius 2 is 1.69 bits per heavy atom. The summed E-state index contributed by atoms with van der Waals surface area (Å²) in [5.41, 5.74) is 0.614. The molecule has 9 heteroatoms. The van der Waals surface area contributed by atoms with Crippen LogP contribution in [0.2, 0.25) is 0 Å². The van der Waals surface area contributed by atoms with E-state index in [4.69, 9.17) is 0 Å². The minimum absolute atomic E-state index is 0.147. The molecule has 26 heavy (non-hydrogen) atoms. The maximum absolute atomic E-state index is 12.6. The van der Waals surface area contributed by atoms with Crippen LogP contribution in [-0.2, 0) is 0 Å². The SMILES string of the molecule is O=C(Nc1ccnc(-c2ccccn2)n1)c1nccn1-c1ncccn1. The molecule has 0 radical (unpaired) electrons. The summed E-state index contributed by atoms with van der Waals surface area (Å²) in [5, 5.41) is 2.71. The van der Waals surface area contributed by atoms with Gasteiger partial charge >= 0.3 is 0 Å². The third-order valence-corrected chi connectivity index (χ3v) is 3.40. The molecule has 9 nitrogen and oxygen atoms in total. The zero-order valence-electron chi connectivity index (χ0n) is 13.4. The lowest BCUT2D eigenvalue weighted by Gasteiger charge is -2.07. The molecule has 4 heterocycles. The summed E-state index contributed by atoms with van der Waals surface area (Å²) in [6.07, 6.45) is 9.51. The molecule has 4 aromatic rings. The number of hydrogen-bond donors (Lipinski definition) is 1. The molecule has 0 aromatic carbocycles. The molecule has 4 rings (SSSR count). The first-order valence-electron chi connectivity index (χ1n) is 7.68. The van der Waals surface area contributed by atoms with Crippen LogP contribution in [0.15, 0.2) is 67.5 Å². The summed E-state index contributed by atoms with van der Waals surface area (Å²) in [5.74, 6) is 0.821. The van der Waals surface area contributed by atoms with Crippen LogP contribution in [0, 0.1) is 0 Å². The highest BCUT2D eigenvalue weighted by Gasteiger charge is 2.16. The fourth-order valence-corrected chi connectivity index (χ4v) is 2.27. The number of carbonyl (C=O) groups is 1. The molecule has 126 valence electrons. The largest absolute Gasteiger partial charge is 0.304 e. The lowest BCUT2D eigenvalue weighted by Crippen LogP contribution is -2.19. The van der Waals surface area contributed by atoms with Gasteiger partial charge in [-0.05, 0) is 24.3 Å². The van der Waals surface area contributed by atoms with Crippen LogP contribution in [-0.4, -0.2) is 40.4 Å². The van der Waals surface area contributed by atoms with Crippen molar-refractivity contribution in [2.75, 3.05) is 5.32 Å². The van der Waals surface area contributed by atoms with Gasteiger partial charge in [-0.1, -0.05) is 6.07 Å². The lowest BCUT2D eigenvalue weighted by atomic mass is 10.3. The second-order valence-electron chi connectivity index (χ2n) is 5.10. The van der Waals surface area contributed by atoms with Gasteiger partial charge in [-0.15, -0.1) is 0 Å². The molecule has 0 atom stereocenters. The predicted molar refractivity (Wildman–Crippen MR) is 92.4 cm³/mol. The highest BCUT2D eigenvalue weighted by molar-refractivity contribution is 6.01. The van der Waals surface area contributed by atoms with Gasteiger partial charge in [-0.25, -0.2) is 24.9 Å². The molecule has 0 aliphatic heterocycles. The number of hydrogen-bond acceptors (Lipinski definition) is 7. The molecule has 1 amide bonds. The average molecular weight is 344 g/mol. The molecule has 1 N–H and O–H groups in total. The van der Waals surface area contributed by atoms with Gasteiger partial charge in [-0.3, -0.25) is 14.3 Å². The number of aromatic nitrogens is 7. The lowest BCUT2D eigenvalue weighted by molar-refractivity contribution is 0.101. The van der Waals surface area contributed by atoms with Crippen molar-refractivity contribution < 1.29 is 4.79 Å². The van der Waals surface area contributed by atoms with Crippen molar-refractivity contribution in [1.82, 2.24) is 34.5 Å². The van der Waals surface area contributed by atoms with Crippen LogP contribution >= 0.6 is 0 Å². The van der Waals surface area contributed by atoms with E-state index in [1.54, 1.807) is 55.2 Å². The Hall–Kier alpha value is -4.01. The summed E-state index contributed by atoms with van der Waals surface area (Å²) in [7, 11) is 0. The molecule has 0 fully saturated rings. The fraction of sp³-hybridized carbons (Fsp3) is 0. The first-order chi connectivity index (χ1) is 12.8. The van der Waals surface area contributed by atoms with E-state index in [2.05, 4.69) is 35.2 Å². The van der Waals surface area contributed by atoms with Crippen LogP contribution in [0.1, 0.15) is 10.6 Å². The smallest absolute Gasteiger partial charge is 0.293 e. The summed E-state index contributed by atoms with van der Waals surface area (Å²) < 4.78 is 1.50. The topological polar surface area (TPSA) is 111 Å². The van der Waals surface area contributed by atoms with Crippen molar-refractivity contribution in [3.63, 3.8) is 0 Å². The summed E-state index contributed by atoms with van der Waals surface area (Å²) >= 11 is 0. The van der Waals surface area contributed by atoms with Crippen molar-refractivity contribution in [3.05, 3.63) is 73.3 Å². The van der Waals surface area contributed by atoms with Gasteiger partial charge in [0.15, 0.2) is 5.82 Å². The molecule has 4 aromatic heterocycles. The van der Waals surface area contributed by atoms with Gasteiger partial charge in [0.2, 0.25) is 11.8 Å². The number of anilines is 1. The van der Waals surface area contributed by atoms with Crippen molar-refractivity contribution in [2.24, 2.45) is 0 Å². The monoisotopic (exact) mass is 344 g/mol. The van der Waals surface area contributed by atoms with Gasteiger partial charge in [0.1, 0.15) is 11.5 Å². The Bertz CT molecular complexity index is 1030. The van der Waals surface area contributed by atoms with E-state index in [1.165, 1.54) is 10.8 Å². The third kappa shape index (κ3) is 3.13. The van der Waals surface area contributed by atoms with Crippen molar-refractivity contribution in [2.45, 2.75) is 0 Å². The van der Waals surface area contributed by atoms with E-state index < -0.39 is 5.91 Å². The normalized spacial score (nSPS) is 10.5. The van der Waals surface area contributed by atoms with E-state index in [1.807, 2.05) is 6.07 Å². The average Bonchev–Trinajstić information content (AvgIpc) is 3.20. The third-order valence-electron chi connectivity index (χ3n) is 3.40. The van der Waals surface area contributed by atoms with Crippen LogP contribution < -0.4 is 5.32 Å². The Labute approximate surface area is 147 Å². The highest BCUT2D eigenvalue weighted by atomic mass is 16.2. The zero-order valence-corrected chi connectivity index (χ0v) is 13.4. The van der Waals surface area contributed by atoms with Crippen LogP contribution in [0.3, 0.4) is 0 Å². The number of pyridine rings is 1. The van der Waals surface area contributed by atoms with E-state index in [0.717, 1.165) is 0 Å². The van der Waals surface area contributed by atoms with E-state index in [0.29, 0.717) is 23.3 Å². The maximum atomic E-state index is 12.6. The highest BCUT2D eigenvalue weighted by Crippen LogP contribution is 2.14. The standard InChI is InChI=1S/C17H12N8O/c26-16(15-20-10-11-25(15)17-21-7-3-8-22-17)24-13-5-9-19-14(23-13)12-4-1-2-6-18-12/h1-11H,(H,19,23,24,26). The number of rotatable bonds is 4. The minimum Gasteiger partial charge on any atom is -0.304 e. The molecule has 0 unspecified atom stereocenters. The van der Waals surface area contributed by atoms with Gasteiger partial charge in [0.05, 0.1) is 0 Å². The van der Waals surface area contributed by atoms with Crippen molar-refractivity contribution in [1.29, 1.82) is 0 Å². The van der Waals surface area contributed by atoms with E-state index in [9.17, 15) is 4.79 Å². The number of amides is 1. The quantitative estimate of drug-likeness (QED) is 0.600. The summed E-state index contributed by atoms with van der Waals surface area (Å²) in [6.45, 7) is 0. The van der Waals surface area contributed by atoms with Crippen molar-refractivity contribution in [3.8, 4) is 17.5 Å². The second-order valence-corrected chi connectivity index (χ2v) is 5.10. The predicted octanol–water partition coefficient (Wildman–Crippen LogP) is 1.77. The van der Waals surface area contributed by atoms with Gasteiger partial charge < -0.3 is 5.32 Å². The molecular weight excluding hydrogens is 332 g/mol. The number of carbonyl (C=O) groups excluding carboxylic acids is 1. The van der Waals surface area contributed by atoms with Crippen molar-refractivity contribution >= 4 is 11.7 Å². The Morgan fingerprint density at radius 3 is 2.50 bits per heavy atom. The molecular formula is C17H12N8O. The fourth-order valence-electron chi connectivity index (χ4n) is 2.27. The van der Waals surface area contributed by atoms with E-state index in [-0.39, 0.29) is 5.82 Å². The second kappa shape index (κ2) is 6.85. The minimum atomic E-state index is -0.437. The van der Waals surface area contributed by atoms with Crippen LogP contribution in [0.25, 0.3) is 17.5 Å². The first-order valence-corrected chi connectivity index (χ1v) is 7.68. The molecule has 0 saturated carbocycles. The Kier molecular flexibility index (Phi) is 4.09. The van der Waals surface area contributed by atoms with Gasteiger partial charge in [0, 0.05) is 37.2 Å². The van der Waals surface area contributed by atoms with Gasteiger partial charge in [-0.2, -0.15) is 0 Å². The molecule has 0 aliphatic carbocycles. The Balaban J connectivity index is 1.60. The summed E-state index contributed by atoms with van der Waals surface area (Å²) in [4.78, 5) is 37.6. The zero-order chi connectivity index (χ0) is 17.8. The van der Waals surface area contributed by atoms with Gasteiger partial charge in [0.25, 0.3) is 5.91 Å². The molecule has 0 spiro atoms.